The average Bonchev–Trinajstić information content (AvgIpc) is 2.63. The quantitative estimate of drug-likeness (QED) is 0.350. The van der Waals surface area contributed by atoms with Crippen LogP contribution in [0.25, 0.3) is 0 Å². The fraction of sp³-hybridized carbons (Fsp3) is 0.200. The molecule has 0 radical (unpaired) electrons. The molecular formula is C15H17ClN2O. The zero-order valence-corrected chi connectivity index (χ0v) is 11.7. The second-order valence-corrected chi connectivity index (χ2v) is 4.41. The van der Waals surface area contributed by atoms with Crippen LogP contribution in [0, 0.1) is 0 Å². The fourth-order valence-electron chi connectivity index (χ4n) is 1.39. The molecule has 4 heteroatoms. The Hall–Kier alpha value is -1.87. The van der Waals surface area contributed by atoms with Gasteiger partial charge >= 0.3 is 0 Å². The SMILES string of the molecule is C=N/C(=C\C=C(/C)C=O)NCC1=CC=CCC=C1Cl. The van der Waals surface area contributed by atoms with Crippen molar-refractivity contribution in [1.29, 1.82) is 0 Å². The topological polar surface area (TPSA) is 41.5 Å². The third-order valence-electron chi connectivity index (χ3n) is 2.49. The molecule has 19 heavy (non-hydrogen) atoms. The summed E-state index contributed by atoms with van der Waals surface area (Å²) < 4.78 is 0. The molecule has 0 unspecified atom stereocenters. The molecule has 1 rings (SSSR count). The van der Waals surface area contributed by atoms with Gasteiger partial charge in [-0.1, -0.05) is 42.0 Å². The predicted molar refractivity (Wildman–Crippen MR) is 81.2 cm³/mol. The minimum absolute atomic E-state index is 0.554. The Balaban J connectivity index is 2.68. The molecule has 0 saturated carbocycles. The van der Waals surface area contributed by atoms with Gasteiger partial charge in [-0.3, -0.25) is 4.79 Å². The van der Waals surface area contributed by atoms with E-state index in [4.69, 9.17) is 11.6 Å². The number of carbonyl (C=O) groups excluding carboxylic acids is 1. The van der Waals surface area contributed by atoms with Crippen LogP contribution >= 0.6 is 11.6 Å². The number of halogens is 1. The van der Waals surface area contributed by atoms with E-state index in [0.29, 0.717) is 17.9 Å². The van der Waals surface area contributed by atoms with Gasteiger partial charge in [0, 0.05) is 11.6 Å². The molecule has 0 heterocycles. The normalized spacial score (nSPS) is 16.3. The Bertz CT molecular complexity index is 496. The molecule has 0 saturated heterocycles. The molecule has 0 aromatic carbocycles. The predicted octanol–water partition coefficient (Wildman–Crippen LogP) is 3.27. The van der Waals surface area contributed by atoms with Gasteiger partial charge in [0.1, 0.15) is 12.1 Å². The van der Waals surface area contributed by atoms with E-state index >= 15 is 0 Å². The number of aldehydes is 1. The summed E-state index contributed by atoms with van der Waals surface area (Å²) in [5.41, 5.74) is 1.61. The molecule has 1 N–H and O–H groups in total. The van der Waals surface area contributed by atoms with Crippen molar-refractivity contribution in [3.8, 4) is 0 Å². The second-order valence-electron chi connectivity index (χ2n) is 4.00. The van der Waals surface area contributed by atoms with E-state index in [1.165, 1.54) is 0 Å². The zero-order chi connectivity index (χ0) is 14.1. The molecule has 1 aliphatic rings. The molecule has 0 aliphatic heterocycles. The molecule has 100 valence electrons. The fourth-order valence-corrected chi connectivity index (χ4v) is 1.61. The molecule has 0 amide bonds. The molecule has 0 atom stereocenters. The lowest BCUT2D eigenvalue weighted by Gasteiger charge is -2.08. The molecule has 0 spiro atoms. The molecule has 1 aliphatic carbocycles. The van der Waals surface area contributed by atoms with Gasteiger partial charge in [-0.05, 0) is 37.3 Å². The van der Waals surface area contributed by atoms with Crippen molar-refractivity contribution in [2.24, 2.45) is 4.99 Å². The summed E-state index contributed by atoms with van der Waals surface area (Å²) in [5.74, 6) is 0.597. The number of allylic oxidation sites excluding steroid dienone is 7. The summed E-state index contributed by atoms with van der Waals surface area (Å²) in [5, 5.41) is 3.86. The van der Waals surface area contributed by atoms with E-state index in [1.807, 2.05) is 24.3 Å². The first-order valence-electron chi connectivity index (χ1n) is 5.93. The molecule has 0 aromatic heterocycles. The van der Waals surface area contributed by atoms with Crippen LogP contribution in [-0.4, -0.2) is 19.5 Å². The first-order valence-corrected chi connectivity index (χ1v) is 6.31. The number of aliphatic imine (C=N–C) groups is 1. The smallest absolute Gasteiger partial charge is 0.145 e. The van der Waals surface area contributed by atoms with Crippen LogP contribution in [0.1, 0.15) is 13.3 Å². The maximum Gasteiger partial charge on any atom is 0.145 e. The maximum atomic E-state index is 10.5. The van der Waals surface area contributed by atoms with Crippen LogP contribution < -0.4 is 5.32 Å². The Morgan fingerprint density at radius 3 is 3.05 bits per heavy atom. The van der Waals surface area contributed by atoms with Crippen molar-refractivity contribution in [1.82, 2.24) is 5.32 Å². The molecule has 0 bridgehead atoms. The number of hydrogen-bond acceptors (Lipinski definition) is 3. The summed E-state index contributed by atoms with van der Waals surface area (Å²) in [6.45, 7) is 5.77. The maximum absolute atomic E-state index is 10.5. The average molecular weight is 277 g/mol. The van der Waals surface area contributed by atoms with Gasteiger partial charge < -0.3 is 5.32 Å². The minimum Gasteiger partial charge on any atom is -0.366 e. The highest BCUT2D eigenvalue weighted by Crippen LogP contribution is 2.18. The Labute approximate surface area is 118 Å². The lowest BCUT2D eigenvalue weighted by Crippen LogP contribution is -2.15. The van der Waals surface area contributed by atoms with Gasteiger partial charge in [-0.2, -0.15) is 0 Å². The Kier molecular flexibility index (Phi) is 6.61. The van der Waals surface area contributed by atoms with Crippen LogP contribution in [0.5, 0.6) is 0 Å². The van der Waals surface area contributed by atoms with Crippen LogP contribution in [0.4, 0.5) is 0 Å². The highest BCUT2D eigenvalue weighted by atomic mass is 35.5. The van der Waals surface area contributed by atoms with Gasteiger partial charge in [0.2, 0.25) is 0 Å². The Morgan fingerprint density at radius 1 is 1.58 bits per heavy atom. The van der Waals surface area contributed by atoms with E-state index in [2.05, 4.69) is 17.0 Å². The standard InChI is InChI=1S/C15H17ClN2O/c1-12(11-19)8-9-15(17-2)18-10-13-6-4-3-5-7-14(13)16/h3-4,6-9,11,18H,2,5,10H2,1H3/b12-8+,15-9+. The summed E-state index contributed by atoms with van der Waals surface area (Å²) in [4.78, 5) is 14.3. The third kappa shape index (κ3) is 5.53. The van der Waals surface area contributed by atoms with Crippen molar-refractivity contribution in [3.63, 3.8) is 0 Å². The molecule has 0 fully saturated rings. The largest absolute Gasteiger partial charge is 0.366 e. The van der Waals surface area contributed by atoms with Crippen LogP contribution in [-0.2, 0) is 4.79 Å². The summed E-state index contributed by atoms with van der Waals surface area (Å²) >= 11 is 6.15. The van der Waals surface area contributed by atoms with Gasteiger partial charge in [0.05, 0.1) is 0 Å². The van der Waals surface area contributed by atoms with Crippen molar-refractivity contribution < 1.29 is 4.79 Å². The van der Waals surface area contributed by atoms with Crippen molar-refractivity contribution >= 4 is 24.6 Å². The molecule has 0 aromatic rings. The number of nitrogens with one attached hydrogen (secondary N) is 1. The monoisotopic (exact) mass is 276 g/mol. The van der Waals surface area contributed by atoms with E-state index in [-0.39, 0.29) is 0 Å². The van der Waals surface area contributed by atoms with Crippen LogP contribution in [0.15, 0.2) is 63.4 Å². The van der Waals surface area contributed by atoms with Gasteiger partial charge in [0.15, 0.2) is 0 Å². The first-order chi connectivity index (χ1) is 9.17. The van der Waals surface area contributed by atoms with E-state index in [1.54, 1.807) is 19.1 Å². The van der Waals surface area contributed by atoms with Crippen LogP contribution in [0.2, 0.25) is 0 Å². The van der Waals surface area contributed by atoms with Gasteiger partial charge in [0.25, 0.3) is 0 Å². The third-order valence-corrected chi connectivity index (χ3v) is 2.89. The van der Waals surface area contributed by atoms with Gasteiger partial charge in [-0.25, -0.2) is 4.99 Å². The van der Waals surface area contributed by atoms with Crippen molar-refractivity contribution in [3.05, 3.63) is 58.5 Å². The highest BCUT2D eigenvalue weighted by molar-refractivity contribution is 6.32. The second kappa shape index (κ2) is 8.27. The zero-order valence-electron chi connectivity index (χ0n) is 10.9. The first kappa shape index (κ1) is 15.2. The molecule has 3 nitrogen and oxygen atoms in total. The van der Waals surface area contributed by atoms with E-state index < -0.39 is 0 Å². The summed E-state index contributed by atoms with van der Waals surface area (Å²) in [6.07, 6.45) is 13.0. The number of carbonyl (C=O) groups is 1. The Morgan fingerprint density at radius 2 is 2.37 bits per heavy atom. The summed E-state index contributed by atoms with van der Waals surface area (Å²) in [7, 11) is 0. The van der Waals surface area contributed by atoms with Crippen LogP contribution in [0.3, 0.4) is 0 Å². The minimum atomic E-state index is 0.554. The lowest BCUT2D eigenvalue weighted by atomic mass is 10.2. The van der Waals surface area contributed by atoms with E-state index in [9.17, 15) is 4.79 Å². The highest BCUT2D eigenvalue weighted by Gasteiger charge is 2.03. The van der Waals surface area contributed by atoms with Crippen molar-refractivity contribution in [2.45, 2.75) is 13.3 Å². The molecular weight excluding hydrogens is 260 g/mol. The van der Waals surface area contributed by atoms with E-state index in [0.717, 1.165) is 23.3 Å². The number of rotatable bonds is 6. The summed E-state index contributed by atoms with van der Waals surface area (Å²) in [6, 6.07) is 0. The van der Waals surface area contributed by atoms with Crippen molar-refractivity contribution in [2.75, 3.05) is 6.54 Å². The lowest BCUT2D eigenvalue weighted by molar-refractivity contribution is -0.104. The number of nitrogens with zero attached hydrogens (tertiary/aromatic N) is 1. The van der Waals surface area contributed by atoms with Gasteiger partial charge in [-0.15, -0.1) is 0 Å². The number of hydrogen-bond donors (Lipinski definition) is 1.